The van der Waals surface area contributed by atoms with Crippen LogP contribution in [0.3, 0.4) is 0 Å². The summed E-state index contributed by atoms with van der Waals surface area (Å²) < 4.78 is 4.91. The van der Waals surface area contributed by atoms with Gasteiger partial charge in [0.25, 0.3) is 5.82 Å². The van der Waals surface area contributed by atoms with Gasteiger partial charge in [0.2, 0.25) is 0 Å². The Morgan fingerprint density at radius 1 is 0.893 bits per heavy atom. The Morgan fingerprint density at radius 2 is 1.54 bits per heavy atom. The molecule has 1 heterocycles. The van der Waals surface area contributed by atoms with Crippen molar-refractivity contribution >= 4 is 11.0 Å². The molecule has 1 aromatic heterocycles. The molecule has 0 aliphatic heterocycles. The highest BCUT2D eigenvalue weighted by Crippen LogP contribution is 2.35. The van der Waals surface area contributed by atoms with E-state index in [4.69, 9.17) is 0 Å². The molecule has 2 nitrogen and oxygen atoms in total. The molecule has 3 rings (SSSR count). The van der Waals surface area contributed by atoms with Crippen LogP contribution in [-0.2, 0) is 18.0 Å². The van der Waals surface area contributed by atoms with E-state index < -0.39 is 0 Å². The van der Waals surface area contributed by atoms with Crippen molar-refractivity contribution in [2.24, 2.45) is 7.05 Å². The second-order valence-corrected chi connectivity index (χ2v) is 10.6. The molecular formula is C26H37N2+. The van der Waals surface area contributed by atoms with Crippen LogP contribution in [0, 0.1) is 6.92 Å². The summed E-state index contributed by atoms with van der Waals surface area (Å²) in [7, 11) is 2.21. The summed E-state index contributed by atoms with van der Waals surface area (Å²) in [5.74, 6) is 1.81. The standard InChI is InChI=1S/C26H37N2/c1-17(2)19-12-14-22-23(15-19)28(26(7,8)9)24(27(22)10)21-16-20(25(4,5)6)13-11-18(21)3/h11-17H,1-10H3/q+1. The average molecular weight is 378 g/mol. The topological polar surface area (TPSA) is 8.81 Å². The molecule has 0 saturated carbocycles. The molecule has 0 fully saturated rings. The van der Waals surface area contributed by atoms with Crippen LogP contribution in [-0.4, -0.2) is 4.57 Å². The lowest BCUT2D eigenvalue weighted by Crippen LogP contribution is -2.33. The minimum absolute atomic E-state index is 0.0192. The number of hydrogen-bond acceptors (Lipinski definition) is 0. The normalized spacial score (nSPS) is 13.0. The SMILES string of the molecule is Cc1ccc(C(C)(C)C)cc1-c1n(C(C)(C)C)c2cc(C(C)C)ccc2[n+]1C. The highest BCUT2D eigenvalue weighted by Gasteiger charge is 2.33. The van der Waals surface area contributed by atoms with Crippen molar-refractivity contribution < 1.29 is 4.57 Å². The number of nitrogens with zero attached hydrogens (tertiary/aromatic N) is 2. The van der Waals surface area contributed by atoms with Gasteiger partial charge in [0, 0.05) is 0 Å². The van der Waals surface area contributed by atoms with E-state index in [1.54, 1.807) is 0 Å². The van der Waals surface area contributed by atoms with Crippen molar-refractivity contribution in [3.05, 3.63) is 53.1 Å². The van der Waals surface area contributed by atoms with Gasteiger partial charge in [-0.2, -0.15) is 0 Å². The minimum Gasteiger partial charge on any atom is -0.226 e. The zero-order chi connectivity index (χ0) is 21.0. The van der Waals surface area contributed by atoms with Crippen LogP contribution in [0.2, 0.25) is 0 Å². The zero-order valence-electron chi connectivity index (χ0n) is 19.4. The summed E-state index contributed by atoms with van der Waals surface area (Å²) in [6.07, 6.45) is 0. The number of rotatable bonds is 2. The van der Waals surface area contributed by atoms with Crippen molar-refractivity contribution in [2.75, 3.05) is 0 Å². The smallest absolute Gasteiger partial charge is 0.226 e. The lowest BCUT2D eigenvalue weighted by molar-refractivity contribution is -0.634. The van der Waals surface area contributed by atoms with E-state index in [1.807, 2.05) is 0 Å². The van der Waals surface area contributed by atoms with Gasteiger partial charge >= 0.3 is 0 Å². The lowest BCUT2D eigenvalue weighted by Gasteiger charge is -2.22. The molecule has 3 aromatic rings. The van der Waals surface area contributed by atoms with Crippen LogP contribution >= 0.6 is 0 Å². The third kappa shape index (κ3) is 3.50. The Bertz CT molecular complexity index is 1020. The molecule has 2 heteroatoms. The molecule has 28 heavy (non-hydrogen) atoms. The molecule has 2 aromatic carbocycles. The molecule has 0 unspecified atom stereocenters. The van der Waals surface area contributed by atoms with E-state index in [9.17, 15) is 0 Å². The van der Waals surface area contributed by atoms with Crippen LogP contribution in [0.5, 0.6) is 0 Å². The summed E-state index contributed by atoms with van der Waals surface area (Å²) in [5, 5.41) is 0. The molecule has 0 aliphatic carbocycles. The van der Waals surface area contributed by atoms with Crippen molar-refractivity contribution in [2.45, 2.75) is 79.2 Å². The maximum Gasteiger partial charge on any atom is 0.290 e. The number of fused-ring (bicyclic) bond motifs is 1. The Hall–Kier alpha value is -2.09. The second-order valence-electron chi connectivity index (χ2n) is 10.6. The highest BCUT2D eigenvalue weighted by molar-refractivity contribution is 5.78. The molecule has 0 saturated heterocycles. The van der Waals surface area contributed by atoms with E-state index in [2.05, 4.69) is 115 Å². The van der Waals surface area contributed by atoms with Gasteiger partial charge in [0.05, 0.1) is 12.6 Å². The first-order chi connectivity index (χ1) is 12.8. The van der Waals surface area contributed by atoms with E-state index in [-0.39, 0.29) is 11.0 Å². The first-order valence-corrected chi connectivity index (χ1v) is 10.5. The number of hydrogen-bond donors (Lipinski definition) is 0. The molecule has 0 bridgehead atoms. The van der Waals surface area contributed by atoms with E-state index in [1.165, 1.54) is 39.1 Å². The largest absolute Gasteiger partial charge is 0.290 e. The number of aryl methyl sites for hydroxylation is 2. The van der Waals surface area contributed by atoms with Gasteiger partial charge in [-0.25, -0.2) is 9.13 Å². The summed E-state index contributed by atoms with van der Waals surface area (Å²) in [5.41, 5.74) is 8.13. The minimum atomic E-state index is -0.0192. The molecule has 0 spiro atoms. The van der Waals surface area contributed by atoms with Gasteiger partial charge in [-0.3, -0.25) is 0 Å². The van der Waals surface area contributed by atoms with Crippen molar-refractivity contribution in [1.82, 2.24) is 4.57 Å². The Labute approximate surface area is 171 Å². The molecule has 0 atom stereocenters. The predicted octanol–water partition coefficient (Wildman–Crippen LogP) is 6.62. The maximum atomic E-state index is 2.53. The van der Waals surface area contributed by atoms with Gasteiger partial charge in [0.15, 0.2) is 11.0 Å². The van der Waals surface area contributed by atoms with Gasteiger partial charge in [0.1, 0.15) is 5.54 Å². The fourth-order valence-corrected chi connectivity index (χ4v) is 4.05. The van der Waals surface area contributed by atoms with Crippen molar-refractivity contribution in [3.8, 4) is 11.4 Å². The summed E-state index contributed by atoms with van der Waals surface area (Å²) in [6.45, 7) is 20.5. The Balaban J connectivity index is 2.44. The van der Waals surface area contributed by atoms with Gasteiger partial charge in [-0.05, 0) is 73.9 Å². The number of aromatic nitrogens is 2. The van der Waals surface area contributed by atoms with Gasteiger partial charge in [-0.1, -0.05) is 52.8 Å². The monoisotopic (exact) mass is 377 g/mol. The molecule has 0 aliphatic rings. The van der Waals surface area contributed by atoms with Gasteiger partial charge in [-0.15, -0.1) is 0 Å². The predicted molar refractivity (Wildman–Crippen MR) is 121 cm³/mol. The average Bonchev–Trinajstić information content (AvgIpc) is 2.86. The fourth-order valence-electron chi connectivity index (χ4n) is 4.05. The third-order valence-electron chi connectivity index (χ3n) is 5.81. The van der Waals surface area contributed by atoms with Crippen LogP contribution in [0.25, 0.3) is 22.4 Å². The van der Waals surface area contributed by atoms with Crippen LogP contribution < -0.4 is 4.57 Å². The lowest BCUT2D eigenvalue weighted by atomic mass is 9.85. The Kier molecular flexibility index (Phi) is 4.98. The number of benzene rings is 2. The fraction of sp³-hybridized carbons (Fsp3) is 0.500. The first kappa shape index (κ1) is 20.6. The first-order valence-electron chi connectivity index (χ1n) is 10.5. The third-order valence-corrected chi connectivity index (χ3v) is 5.81. The zero-order valence-corrected chi connectivity index (χ0v) is 19.4. The van der Waals surface area contributed by atoms with Crippen LogP contribution in [0.1, 0.15) is 78.0 Å². The van der Waals surface area contributed by atoms with Crippen LogP contribution in [0.15, 0.2) is 36.4 Å². The summed E-state index contributed by atoms with van der Waals surface area (Å²) in [6, 6.07) is 13.9. The molecule has 0 N–H and O–H groups in total. The summed E-state index contributed by atoms with van der Waals surface area (Å²) >= 11 is 0. The summed E-state index contributed by atoms with van der Waals surface area (Å²) in [4.78, 5) is 0. The van der Waals surface area contributed by atoms with Gasteiger partial charge < -0.3 is 0 Å². The number of imidazole rings is 1. The van der Waals surface area contributed by atoms with E-state index in [0.29, 0.717) is 5.92 Å². The highest BCUT2D eigenvalue weighted by atomic mass is 15.2. The van der Waals surface area contributed by atoms with Crippen molar-refractivity contribution in [3.63, 3.8) is 0 Å². The molecular weight excluding hydrogens is 340 g/mol. The van der Waals surface area contributed by atoms with Crippen molar-refractivity contribution in [1.29, 1.82) is 0 Å². The molecule has 0 amide bonds. The molecule has 0 radical (unpaired) electrons. The quantitative estimate of drug-likeness (QED) is 0.444. The molecule has 150 valence electrons. The Morgan fingerprint density at radius 3 is 2.07 bits per heavy atom. The van der Waals surface area contributed by atoms with E-state index in [0.717, 1.165) is 0 Å². The second kappa shape index (κ2) is 6.76. The maximum absolute atomic E-state index is 2.53. The van der Waals surface area contributed by atoms with Crippen LogP contribution in [0.4, 0.5) is 0 Å². The van der Waals surface area contributed by atoms with E-state index >= 15 is 0 Å².